The molecule has 1 aromatic rings. The van der Waals surface area contributed by atoms with Crippen LogP contribution in [0, 0.1) is 5.82 Å². The Bertz CT molecular complexity index is 676. The topological polar surface area (TPSA) is 70.1 Å². The summed E-state index contributed by atoms with van der Waals surface area (Å²) in [7, 11) is -3.13. The SMILES string of the molecule is CS(=O)(=O)N1CCC(N2C[C@@H](O)[C@H](Oc3cccc(F)c3)C2)CC1. The maximum atomic E-state index is 13.2. The van der Waals surface area contributed by atoms with Crippen LogP contribution in [-0.2, 0) is 10.0 Å². The Balaban J connectivity index is 1.56. The number of hydrogen-bond acceptors (Lipinski definition) is 5. The average molecular weight is 358 g/mol. The smallest absolute Gasteiger partial charge is 0.211 e. The van der Waals surface area contributed by atoms with E-state index in [4.69, 9.17) is 4.74 Å². The number of aliphatic hydroxyl groups excluding tert-OH is 1. The lowest BCUT2D eigenvalue weighted by atomic mass is 10.1. The van der Waals surface area contributed by atoms with Gasteiger partial charge in [-0.3, -0.25) is 4.90 Å². The summed E-state index contributed by atoms with van der Waals surface area (Å²) in [6, 6.07) is 6.13. The molecule has 134 valence electrons. The van der Waals surface area contributed by atoms with Gasteiger partial charge >= 0.3 is 0 Å². The second-order valence-corrected chi connectivity index (χ2v) is 8.51. The highest BCUT2D eigenvalue weighted by Gasteiger charge is 2.38. The lowest BCUT2D eigenvalue weighted by Crippen LogP contribution is -2.46. The Hall–Kier alpha value is -1.22. The zero-order valence-corrected chi connectivity index (χ0v) is 14.5. The van der Waals surface area contributed by atoms with E-state index in [0.29, 0.717) is 31.9 Å². The molecule has 0 aliphatic carbocycles. The Morgan fingerprint density at radius 2 is 1.96 bits per heavy atom. The van der Waals surface area contributed by atoms with E-state index in [2.05, 4.69) is 4.90 Å². The predicted octanol–water partition coefficient (Wildman–Crippen LogP) is 0.674. The van der Waals surface area contributed by atoms with Crippen LogP contribution in [0.2, 0.25) is 0 Å². The highest BCUT2D eigenvalue weighted by molar-refractivity contribution is 7.88. The van der Waals surface area contributed by atoms with Crippen LogP contribution < -0.4 is 4.74 Å². The van der Waals surface area contributed by atoms with Crippen molar-refractivity contribution in [3.63, 3.8) is 0 Å². The monoisotopic (exact) mass is 358 g/mol. The van der Waals surface area contributed by atoms with Crippen LogP contribution in [0.3, 0.4) is 0 Å². The van der Waals surface area contributed by atoms with Gasteiger partial charge in [0.15, 0.2) is 0 Å². The molecule has 8 heteroatoms. The number of piperidine rings is 1. The van der Waals surface area contributed by atoms with E-state index < -0.39 is 22.2 Å². The number of halogens is 1. The average Bonchev–Trinajstić information content (AvgIpc) is 2.88. The number of hydrogen-bond donors (Lipinski definition) is 1. The van der Waals surface area contributed by atoms with Crippen LogP contribution >= 0.6 is 0 Å². The van der Waals surface area contributed by atoms with Crippen molar-refractivity contribution in [2.75, 3.05) is 32.4 Å². The minimum atomic E-state index is -3.13. The molecule has 1 N–H and O–H groups in total. The molecule has 1 aromatic carbocycles. The quantitative estimate of drug-likeness (QED) is 0.857. The molecule has 0 aromatic heterocycles. The molecular weight excluding hydrogens is 335 g/mol. The summed E-state index contributed by atoms with van der Waals surface area (Å²) < 4.78 is 43.6. The number of aliphatic hydroxyl groups is 1. The van der Waals surface area contributed by atoms with E-state index in [9.17, 15) is 17.9 Å². The second kappa shape index (κ2) is 6.95. The van der Waals surface area contributed by atoms with Crippen molar-refractivity contribution in [3.05, 3.63) is 30.1 Å². The molecule has 2 aliphatic rings. The van der Waals surface area contributed by atoms with Crippen LogP contribution in [0.4, 0.5) is 4.39 Å². The molecule has 3 rings (SSSR count). The van der Waals surface area contributed by atoms with E-state index in [1.54, 1.807) is 12.1 Å². The molecule has 0 radical (unpaired) electrons. The first-order chi connectivity index (χ1) is 11.3. The lowest BCUT2D eigenvalue weighted by molar-refractivity contribution is 0.0733. The van der Waals surface area contributed by atoms with E-state index in [1.807, 2.05) is 0 Å². The Morgan fingerprint density at radius 3 is 2.58 bits per heavy atom. The van der Waals surface area contributed by atoms with Crippen molar-refractivity contribution in [2.24, 2.45) is 0 Å². The highest BCUT2D eigenvalue weighted by atomic mass is 32.2. The Kier molecular flexibility index (Phi) is 5.10. The van der Waals surface area contributed by atoms with Crippen LogP contribution in [0.25, 0.3) is 0 Å². The Labute approximate surface area is 141 Å². The van der Waals surface area contributed by atoms with Crippen LogP contribution in [0.1, 0.15) is 12.8 Å². The molecule has 2 heterocycles. The minimum absolute atomic E-state index is 0.235. The molecule has 2 saturated heterocycles. The number of sulfonamides is 1. The number of benzene rings is 1. The first-order valence-corrected chi connectivity index (χ1v) is 9.97. The zero-order valence-electron chi connectivity index (χ0n) is 13.6. The summed E-state index contributed by atoms with van der Waals surface area (Å²) in [4.78, 5) is 2.15. The first-order valence-electron chi connectivity index (χ1n) is 8.12. The molecular formula is C16H23FN2O4S. The molecule has 2 aliphatic heterocycles. The second-order valence-electron chi connectivity index (χ2n) is 6.53. The molecule has 0 unspecified atom stereocenters. The van der Waals surface area contributed by atoms with Gasteiger partial charge in [0, 0.05) is 38.3 Å². The van der Waals surface area contributed by atoms with Crippen molar-refractivity contribution in [1.29, 1.82) is 0 Å². The summed E-state index contributed by atoms with van der Waals surface area (Å²) in [5.74, 6) is 0.0396. The van der Waals surface area contributed by atoms with E-state index in [0.717, 1.165) is 12.8 Å². The molecule has 24 heavy (non-hydrogen) atoms. The van der Waals surface area contributed by atoms with Gasteiger partial charge in [0.1, 0.15) is 23.8 Å². The predicted molar refractivity (Wildman–Crippen MR) is 87.8 cm³/mol. The van der Waals surface area contributed by atoms with E-state index in [1.165, 1.54) is 22.7 Å². The fourth-order valence-corrected chi connectivity index (χ4v) is 4.33. The third-order valence-electron chi connectivity index (χ3n) is 4.76. The van der Waals surface area contributed by atoms with Crippen molar-refractivity contribution in [2.45, 2.75) is 31.1 Å². The molecule has 0 bridgehead atoms. The van der Waals surface area contributed by atoms with Crippen LogP contribution in [-0.4, -0.2) is 73.4 Å². The summed E-state index contributed by atoms with van der Waals surface area (Å²) in [6.07, 6.45) is 1.68. The molecule has 2 atom stereocenters. The first kappa shape index (κ1) is 17.6. The van der Waals surface area contributed by atoms with Gasteiger partial charge in [-0.1, -0.05) is 6.07 Å². The standard InChI is InChI=1S/C16H23FN2O4S/c1-24(21,22)19-7-5-13(6-8-19)18-10-15(20)16(11-18)23-14-4-2-3-12(17)9-14/h2-4,9,13,15-16,20H,5-8,10-11H2,1H3/t15-,16-/m1/s1. The van der Waals surface area contributed by atoms with Gasteiger partial charge < -0.3 is 9.84 Å². The van der Waals surface area contributed by atoms with Crippen molar-refractivity contribution in [1.82, 2.24) is 9.21 Å². The van der Waals surface area contributed by atoms with Gasteiger partial charge in [-0.25, -0.2) is 17.1 Å². The highest BCUT2D eigenvalue weighted by Crippen LogP contribution is 2.25. The van der Waals surface area contributed by atoms with Crippen LogP contribution in [0.15, 0.2) is 24.3 Å². The fourth-order valence-electron chi connectivity index (χ4n) is 3.45. The zero-order chi connectivity index (χ0) is 17.3. The van der Waals surface area contributed by atoms with E-state index in [-0.39, 0.29) is 11.9 Å². The lowest BCUT2D eigenvalue weighted by Gasteiger charge is -2.35. The third-order valence-corrected chi connectivity index (χ3v) is 6.06. The maximum absolute atomic E-state index is 13.2. The third kappa shape index (κ3) is 4.05. The number of likely N-dealkylation sites (tertiary alicyclic amines) is 1. The van der Waals surface area contributed by atoms with Crippen molar-refractivity contribution in [3.8, 4) is 5.75 Å². The van der Waals surface area contributed by atoms with Gasteiger partial charge in [0.2, 0.25) is 10.0 Å². The van der Waals surface area contributed by atoms with Gasteiger partial charge in [0.05, 0.1) is 6.26 Å². The maximum Gasteiger partial charge on any atom is 0.211 e. The number of rotatable bonds is 4. The summed E-state index contributed by atoms with van der Waals surface area (Å²) in [5.41, 5.74) is 0. The minimum Gasteiger partial charge on any atom is -0.486 e. The fraction of sp³-hybridized carbons (Fsp3) is 0.625. The van der Waals surface area contributed by atoms with Gasteiger partial charge in [0.25, 0.3) is 0 Å². The largest absolute Gasteiger partial charge is 0.486 e. The number of nitrogens with zero attached hydrogens (tertiary/aromatic N) is 2. The normalized spacial score (nSPS) is 27.5. The van der Waals surface area contributed by atoms with Crippen molar-refractivity contribution >= 4 is 10.0 Å². The van der Waals surface area contributed by atoms with Gasteiger partial charge in [-0.05, 0) is 25.0 Å². The summed E-state index contributed by atoms with van der Waals surface area (Å²) in [5, 5.41) is 10.2. The Morgan fingerprint density at radius 1 is 1.25 bits per heavy atom. The summed E-state index contributed by atoms with van der Waals surface area (Å²) >= 11 is 0. The summed E-state index contributed by atoms with van der Waals surface area (Å²) in [6.45, 7) is 2.06. The molecule has 2 fully saturated rings. The van der Waals surface area contributed by atoms with Crippen LogP contribution in [0.5, 0.6) is 5.75 Å². The van der Waals surface area contributed by atoms with Crippen molar-refractivity contribution < 1.29 is 22.7 Å². The number of ether oxygens (including phenoxy) is 1. The molecule has 6 nitrogen and oxygen atoms in total. The molecule has 0 saturated carbocycles. The van der Waals surface area contributed by atoms with Gasteiger partial charge in [-0.2, -0.15) is 0 Å². The molecule has 0 amide bonds. The van der Waals surface area contributed by atoms with Gasteiger partial charge in [-0.15, -0.1) is 0 Å². The number of β-amino-alcohol motifs (C(OH)–C–C–N with tert-alkyl or cyclic N) is 1. The molecule has 0 spiro atoms. The van der Waals surface area contributed by atoms with E-state index >= 15 is 0 Å².